The van der Waals surface area contributed by atoms with E-state index in [1.54, 1.807) is 0 Å². The van der Waals surface area contributed by atoms with Gasteiger partial charge in [0.2, 0.25) is 12.5 Å². The van der Waals surface area contributed by atoms with Crippen LogP contribution in [0.2, 0.25) is 0 Å². The van der Waals surface area contributed by atoms with Gasteiger partial charge in [-0.2, -0.15) is 9.36 Å². The zero-order chi connectivity index (χ0) is 18.0. The molecule has 1 aromatic rings. The normalized spacial score (nSPS) is 18.7. The summed E-state index contributed by atoms with van der Waals surface area (Å²) in [6.07, 6.45) is -5.09. The number of carboxylic acid groups (broad SMARTS) is 3. The van der Waals surface area contributed by atoms with Crippen molar-refractivity contribution < 1.29 is 39.2 Å². The average molecular weight is 345 g/mol. The summed E-state index contributed by atoms with van der Waals surface area (Å²) in [4.78, 5) is 56.5. The molecule has 0 aromatic carbocycles. The molecule has 0 spiro atoms. The van der Waals surface area contributed by atoms with Gasteiger partial charge >= 0.3 is 29.7 Å². The first-order valence-corrected chi connectivity index (χ1v) is 6.35. The van der Waals surface area contributed by atoms with E-state index in [0.29, 0.717) is 13.9 Å². The van der Waals surface area contributed by atoms with Gasteiger partial charge in [0.1, 0.15) is 0 Å². The number of rotatable bonds is 5. The van der Waals surface area contributed by atoms with Gasteiger partial charge in [-0.1, -0.05) is 0 Å². The van der Waals surface area contributed by atoms with Crippen molar-refractivity contribution in [2.24, 2.45) is 0 Å². The Balaban J connectivity index is 2.56. The van der Waals surface area contributed by atoms with Crippen molar-refractivity contribution in [3.8, 4) is 0 Å². The molecule has 2 unspecified atom stereocenters. The number of carbonyl (C=O) groups is 3. The molecule has 1 aromatic heterocycles. The SMILES string of the molecule is O=C(O)CCn1c(=O)n2n(c1=O)C(OC(=O)O)C=CC2OC(=O)O. The number of aliphatic carboxylic acids is 1. The van der Waals surface area contributed by atoms with E-state index in [9.17, 15) is 24.0 Å². The van der Waals surface area contributed by atoms with Gasteiger partial charge in [0, 0.05) is 6.54 Å². The Morgan fingerprint density at radius 2 is 1.33 bits per heavy atom. The number of carboxylic acids is 1. The van der Waals surface area contributed by atoms with Crippen LogP contribution >= 0.6 is 0 Å². The molecule has 13 heteroatoms. The van der Waals surface area contributed by atoms with Crippen molar-refractivity contribution >= 4 is 18.3 Å². The second-order valence-corrected chi connectivity index (χ2v) is 4.48. The largest absolute Gasteiger partial charge is 0.508 e. The van der Waals surface area contributed by atoms with Crippen molar-refractivity contribution in [2.75, 3.05) is 0 Å². The molecule has 1 aliphatic rings. The van der Waals surface area contributed by atoms with E-state index in [1.165, 1.54) is 0 Å². The molecule has 24 heavy (non-hydrogen) atoms. The summed E-state index contributed by atoms with van der Waals surface area (Å²) in [5, 5.41) is 26.0. The van der Waals surface area contributed by atoms with Gasteiger partial charge in [-0.25, -0.2) is 23.7 Å². The Morgan fingerprint density at radius 1 is 0.917 bits per heavy atom. The molecule has 0 aliphatic carbocycles. The Morgan fingerprint density at radius 3 is 1.67 bits per heavy atom. The third kappa shape index (κ3) is 3.13. The summed E-state index contributed by atoms with van der Waals surface area (Å²) in [7, 11) is 0. The lowest BCUT2D eigenvalue weighted by atomic mass is 10.3. The van der Waals surface area contributed by atoms with Crippen molar-refractivity contribution in [3.05, 3.63) is 33.1 Å². The Labute approximate surface area is 131 Å². The van der Waals surface area contributed by atoms with Crippen molar-refractivity contribution in [1.82, 2.24) is 13.9 Å². The molecule has 0 fully saturated rings. The molecule has 2 heterocycles. The third-order valence-corrected chi connectivity index (χ3v) is 3.00. The number of nitrogens with zero attached hydrogens (tertiary/aromatic N) is 3. The van der Waals surface area contributed by atoms with Crippen molar-refractivity contribution in [3.63, 3.8) is 0 Å². The summed E-state index contributed by atoms with van der Waals surface area (Å²) in [6, 6.07) is 0. The van der Waals surface area contributed by atoms with Crippen LogP contribution in [0.3, 0.4) is 0 Å². The van der Waals surface area contributed by atoms with Crippen LogP contribution < -0.4 is 11.4 Å². The lowest BCUT2D eigenvalue weighted by Crippen LogP contribution is -2.38. The Bertz CT molecular complexity index is 771. The quantitative estimate of drug-likeness (QED) is 0.453. The summed E-state index contributed by atoms with van der Waals surface area (Å²) in [5.41, 5.74) is -2.15. The molecule has 0 bridgehead atoms. The highest BCUT2D eigenvalue weighted by Gasteiger charge is 2.32. The van der Waals surface area contributed by atoms with Gasteiger partial charge in [-0.3, -0.25) is 4.79 Å². The smallest absolute Gasteiger partial charge is 0.481 e. The van der Waals surface area contributed by atoms with Gasteiger partial charge in [0.25, 0.3) is 0 Å². The van der Waals surface area contributed by atoms with Crippen molar-refractivity contribution in [2.45, 2.75) is 25.4 Å². The Kier molecular flexibility index (Phi) is 4.43. The molecule has 1 aliphatic heterocycles. The lowest BCUT2D eigenvalue weighted by Gasteiger charge is -2.24. The van der Waals surface area contributed by atoms with E-state index in [-0.39, 0.29) is 0 Å². The van der Waals surface area contributed by atoms with E-state index in [1.807, 2.05) is 0 Å². The first-order chi connectivity index (χ1) is 11.2. The van der Waals surface area contributed by atoms with E-state index in [2.05, 4.69) is 9.47 Å². The van der Waals surface area contributed by atoms with Crippen LogP contribution in [-0.2, 0) is 20.8 Å². The number of hydrogen-bond acceptors (Lipinski definition) is 7. The molecule has 2 atom stereocenters. The molecule has 0 saturated carbocycles. The minimum Gasteiger partial charge on any atom is -0.481 e. The average Bonchev–Trinajstić information content (AvgIpc) is 2.71. The molecule has 2 rings (SSSR count). The third-order valence-electron chi connectivity index (χ3n) is 3.00. The maximum absolute atomic E-state index is 12.3. The summed E-state index contributed by atoms with van der Waals surface area (Å²) in [5.74, 6) is -1.27. The Hall–Kier alpha value is -3.51. The van der Waals surface area contributed by atoms with E-state index in [0.717, 1.165) is 12.2 Å². The van der Waals surface area contributed by atoms with Gasteiger partial charge in [-0.15, -0.1) is 0 Å². The van der Waals surface area contributed by atoms with Crippen LogP contribution in [0.25, 0.3) is 0 Å². The van der Waals surface area contributed by atoms with E-state index in [4.69, 9.17) is 15.3 Å². The fourth-order valence-corrected chi connectivity index (χ4v) is 2.11. The van der Waals surface area contributed by atoms with Crippen LogP contribution in [0.15, 0.2) is 21.7 Å². The standard InChI is InChI=1S/C11H11N3O10/c15-7(16)3-4-12-8(17)13-5(23-10(19)20)1-2-6(24-11(21)22)14(13)9(12)18/h1-2,5-6H,3-4H2,(H,15,16)(H,19,20)(H,21,22). The molecule has 0 amide bonds. The lowest BCUT2D eigenvalue weighted by molar-refractivity contribution is -0.137. The zero-order valence-corrected chi connectivity index (χ0v) is 11.8. The number of aromatic nitrogens is 3. The van der Waals surface area contributed by atoms with Crippen LogP contribution in [0.5, 0.6) is 0 Å². The highest BCUT2D eigenvalue weighted by Crippen LogP contribution is 2.20. The number of fused-ring (bicyclic) bond motifs is 1. The zero-order valence-electron chi connectivity index (χ0n) is 11.8. The van der Waals surface area contributed by atoms with E-state index < -0.39 is 55.1 Å². The van der Waals surface area contributed by atoms with Gasteiger partial charge < -0.3 is 24.8 Å². The summed E-state index contributed by atoms with van der Waals surface area (Å²) in [6.45, 7) is -0.500. The minimum atomic E-state index is -1.74. The first-order valence-electron chi connectivity index (χ1n) is 6.35. The van der Waals surface area contributed by atoms with Crippen molar-refractivity contribution in [1.29, 1.82) is 0 Å². The fourth-order valence-electron chi connectivity index (χ4n) is 2.11. The topological polar surface area (TPSA) is 179 Å². The second kappa shape index (κ2) is 6.31. The minimum absolute atomic E-state index is 0.500. The highest BCUT2D eigenvalue weighted by atomic mass is 16.7. The van der Waals surface area contributed by atoms with Crippen LogP contribution in [-0.4, -0.2) is 47.5 Å². The fraction of sp³-hybridized carbons (Fsp3) is 0.364. The summed E-state index contributed by atoms with van der Waals surface area (Å²) >= 11 is 0. The van der Waals surface area contributed by atoms with E-state index >= 15 is 0 Å². The first kappa shape index (κ1) is 16.9. The number of hydrogen-bond donors (Lipinski definition) is 3. The van der Waals surface area contributed by atoms with Crippen LogP contribution in [0, 0.1) is 0 Å². The van der Waals surface area contributed by atoms with Gasteiger partial charge in [-0.05, 0) is 12.2 Å². The molecule has 3 N–H and O–H groups in total. The molecule has 0 saturated heterocycles. The molecular formula is C11H11N3O10. The highest BCUT2D eigenvalue weighted by molar-refractivity contribution is 5.66. The predicted octanol–water partition coefficient (Wildman–Crippen LogP) is -0.758. The second-order valence-electron chi connectivity index (χ2n) is 4.48. The number of ether oxygens (including phenoxy) is 2. The predicted molar refractivity (Wildman–Crippen MR) is 70.6 cm³/mol. The van der Waals surface area contributed by atoms with Gasteiger partial charge in [0.05, 0.1) is 6.42 Å². The molecule has 0 radical (unpaired) electrons. The molecule has 13 nitrogen and oxygen atoms in total. The maximum atomic E-state index is 12.3. The van der Waals surface area contributed by atoms with Crippen LogP contribution in [0.1, 0.15) is 18.9 Å². The molecule has 130 valence electrons. The van der Waals surface area contributed by atoms with Gasteiger partial charge in [0.15, 0.2) is 0 Å². The monoisotopic (exact) mass is 345 g/mol. The van der Waals surface area contributed by atoms with Crippen LogP contribution in [0.4, 0.5) is 9.59 Å². The molecular weight excluding hydrogens is 334 g/mol. The summed E-state index contributed by atoms with van der Waals surface area (Å²) < 4.78 is 10.5. The maximum Gasteiger partial charge on any atom is 0.508 e.